The molecule has 1 aromatic heterocycles. The molecular weight excluding hydrogens is 460 g/mol. The van der Waals surface area contributed by atoms with Crippen LogP contribution in [0.3, 0.4) is 0 Å². The van der Waals surface area contributed by atoms with E-state index in [4.69, 9.17) is 26.8 Å². The van der Waals surface area contributed by atoms with Gasteiger partial charge >= 0.3 is 6.09 Å². The second-order valence-electron chi connectivity index (χ2n) is 8.67. The molecule has 4 N–H and O–H groups in total. The predicted molar refractivity (Wildman–Crippen MR) is 128 cm³/mol. The zero-order chi connectivity index (χ0) is 24.0. The molecule has 2 heterocycles. The number of aromatic nitrogens is 2. The van der Waals surface area contributed by atoms with Gasteiger partial charge in [-0.15, -0.1) is 0 Å². The number of amides is 2. The van der Waals surface area contributed by atoms with E-state index in [9.17, 15) is 9.59 Å². The summed E-state index contributed by atoms with van der Waals surface area (Å²) in [5, 5.41) is 6.85. The third-order valence-corrected chi connectivity index (χ3v) is 6.99. The average molecular weight is 485 g/mol. The Hall–Kier alpha value is -3.53. The zero-order valence-corrected chi connectivity index (χ0v) is 19.5. The van der Waals surface area contributed by atoms with Crippen molar-refractivity contribution in [2.24, 2.45) is 23.5 Å². The average Bonchev–Trinajstić information content (AvgIpc) is 3.39. The Morgan fingerprint density at radius 3 is 2.88 bits per heavy atom. The fraction of sp³-hybridized carbons (Fsp3) is 0.391. The van der Waals surface area contributed by atoms with Gasteiger partial charge in [0.2, 0.25) is 11.9 Å². The highest BCUT2D eigenvalue weighted by molar-refractivity contribution is 6.32. The van der Waals surface area contributed by atoms with Crippen molar-refractivity contribution in [3.05, 3.63) is 41.1 Å². The Kier molecular flexibility index (Phi) is 5.68. The van der Waals surface area contributed by atoms with Gasteiger partial charge in [-0.1, -0.05) is 23.8 Å². The highest BCUT2D eigenvalue weighted by atomic mass is 35.5. The SMILES string of the molecule is COc1cc2c(cc1Nc1ncc(Cl)c(N[C@@H]3[C@H](C(N)=O)[C@H]4C=C[C@@H]3C4)n1)CCOC(=O)N2C. The Bertz CT molecular complexity index is 1190. The fourth-order valence-corrected chi connectivity index (χ4v) is 5.20. The number of primary amides is 1. The van der Waals surface area contributed by atoms with Crippen molar-refractivity contribution < 1.29 is 19.1 Å². The highest BCUT2D eigenvalue weighted by Gasteiger charge is 2.47. The van der Waals surface area contributed by atoms with E-state index < -0.39 is 6.09 Å². The van der Waals surface area contributed by atoms with Crippen molar-refractivity contribution in [1.82, 2.24) is 9.97 Å². The van der Waals surface area contributed by atoms with E-state index in [0.29, 0.717) is 40.3 Å². The van der Waals surface area contributed by atoms with E-state index in [-0.39, 0.29) is 36.3 Å². The quantitative estimate of drug-likeness (QED) is 0.533. The van der Waals surface area contributed by atoms with Crippen LogP contribution in [0.1, 0.15) is 12.0 Å². The molecular formula is C23H25ClN6O4. The summed E-state index contributed by atoms with van der Waals surface area (Å²) in [7, 11) is 3.20. The maximum atomic E-state index is 12.1. The largest absolute Gasteiger partial charge is 0.494 e. The van der Waals surface area contributed by atoms with Gasteiger partial charge in [0.15, 0.2) is 5.82 Å². The molecule has 2 aromatic rings. The smallest absolute Gasteiger partial charge is 0.414 e. The number of allylic oxidation sites excluding steroid dienone is 1. The van der Waals surface area contributed by atoms with E-state index in [1.807, 2.05) is 6.07 Å². The summed E-state index contributed by atoms with van der Waals surface area (Å²) in [5.41, 5.74) is 7.94. The Morgan fingerprint density at radius 2 is 2.12 bits per heavy atom. The van der Waals surface area contributed by atoms with Crippen LogP contribution in [0.15, 0.2) is 30.5 Å². The summed E-state index contributed by atoms with van der Waals surface area (Å²) in [4.78, 5) is 34.4. The minimum absolute atomic E-state index is 0.135. The van der Waals surface area contributed by atoms with Crippen LogP contribution < -0.4 is 26.0 Å². The summed E-state index contributed by atoms with van der Waals surface area (Å²) in [6.45, 7) is 0.284. The van der Waals surface area contributed by atoms with Crippen molar-refractivity contribution in [2.75, 3.05) is 36.3 Å². The number of nitrogens with two attached hydrogens (primary N) is 1. The molecule has 2 amide bonds. The number of cyclic esters (lactones) is 1. The Balaban J connectivity index is 1.42. The molecule has 11 heteroatoms. The molecule has 5 rings (SSSR count). The molecule has 2 bridgehead atoms. The number of fused-ring (bicyclic) bond motifs is 3. The summed E-state index contributed by atoms with van der Waals surface area (Å²) >= 11 is 6.38. The van der Waals surface area contributed by atoms with Gasteiger partial charge in [-0.3, -0.25) is 9.69 Å². The fourth-order valence-electron chi connectivity index (χ4n) is 5.05. The first-order valence-corrected chi connectivity index (χ1v) is 11.4. The standard InChI is InChI=1S/C23H25ClN6O4/c1-30-16-9-17(33-2)15(8-11(16)5-6-34-23(30)32)27-22-26-10-14(24)21(29-22)28-19-13-4-3-12(7-13)18(19)20(25)31/h3-4,8-10,12-13,18-19H,5-7H2,1-2H3,(H2,25,31)(H2,26,27,28,29)/t12-,13+,18+,19-/m0/s1. The number of halogens is 1. The van der Waals surface area contributed by atoms with Crippen molar-refractivity contribution in [2.45, 2.75) is 18.9 Å². The molecule has 0 spiro atoms. The number of rotatable bonds is 6. The van der Waals surface area contributed by atoms with Crippen molar-refractivity contribution in [3.8, 4) is 5.75 Å². The lowest BCUT2D eigenvalue weighted by Crippen LogP contribution is -2.41. The van der Waals surface area contributed by atoms with E-state index in [1.165, 1.54) is 11.1 Å². The molecule has 4 atom stereocenters. The number of methoxy groups -OCH3 is 1. The third kappa shape index (κ3) is 3.87. The van der Waals surface area contributed by atoms with Gasteiger partial charge in [-0.2, -0.15) is 4.98 Å². The van der Waals surface area contributed by atoms with E-state index in [1.54, 1.807) is 20.2 Å². The van der Waals surface area contributed by atoms with Crippen LogP contribution >= 0.6 is 11.6 Å². The number of carbonyl (C=O) groups is 2. The molecule has 34 heavy (non-hydrogen) atoms. The Morgan fingerprint density at radius 1 is 1.32 bits per heavy atom. The van der Waals surface area contributed by atoms with Crippen molar-refractivity contribution >= 4 is 46.7 Å². The lowest BCUT2D eigenvalue weighted by Gasteiger charge is -2.27. The summed E-state index contributed by atoms with van der Waals surface area (Å²) in [6.07, 6.45) is 6.70. The lowest BCUT2D eigenvalue weighted by atomic mass is 9.88. The lowest BCUT2D eigenvalue weighted by molar-refractivity contribution is -0.122. The van der Waals surface area contributed by atoms with Crippen molar-refractivity contribution in [1.29, 1.82) is 0 Å². The molecule has 2 aliphatic carbocycles. The van der Waals surface area contributed by atoms with Crippen LogP contribution in [0.5, 0.6) is 5.75 Å². The number of ether oxygens (including phenoxy) is 2. The molecule has 3 aliphatic rings. The second kappa shape index (κ2) is 8.68. The zero-order valence-electron chi connectivity index (χ0n) is 18.7. The van der Waals surface area contributed by atoms with Crippen LogP contribution in [-0.2, 0) is 16.0 Å². The van der Waals surface area contributed by atoms with E-state index in [2.05, 4.69) is 32.8 Å². The van der Waals surface area contributed by atoms with Gasteiger partial charge in [0.05, 0.1) is 37.2 Å². The van der Waals surface area contributed by atoms with Crippen LogP contribution in [0.25, 0.3) is 0 Å². The first-order valence-electron chi connectivity index (χ1n) is 11.0. The van der Waals surface area contributed by atoms with Crippen LogP contribution in [0.2, 0.25) is 5.02 Å². The molecule has 1 aliphatic heterocycles. The topological polar surface area (TPSA) is 132 Å². The number of hydrogen-bond acceptors (Lipinski definition) is 8. The van der Waals surface area contributed by atoms with Crippen LogP contribution in [-0.4, -0.2) is 48.8 Å². The predicted octanol–water partition coefficient (Wildman–Crippen LogP) is 3.10. The monoisotopic (exact) mass is 484 g/mol. The van der Waals surface area contributed by atoms with Crippen molar-refractivity contribution in [3.63, 3.8) is 0 Å². The number of benzene rings is 1. The molecule has 0 unspecified atom stereocenters. The number of carbonyl (C=O) groups excluding carboxylic acids is 2. The second-order valence-corrected chi connectivity index (χ2v) is 9.07. The van der Waals surface area contributed by atoms with Gasteiger partial charge in [0, 0.05) is 25.6 Å². The molecule has 1 fully saturated rings. The molecule has 10 nitrogen and oxygen atoms in total. The third-order valence-electron chi connectivity index (χ3n) is 6.71. The molecule has 178 valence electrons. The minimum Gasteiger partial charge on any atom is -0.494 e. The normalized spacial score (nSPS) is 24.9. The van der Waals surface area contributed by atoms with Gasteiger partial charge in [0.1, 0.15) is 10.8 Å². The molecule has 0 radical (unpaired) electrons. The first-order chi connectivity index (χ1) is 16.4. The number of nitrogens with zero attached hydrogens (tertiary/aromatic N) is 3. The van der Waals surface area contributed by atoms with Gasteiger partial charge in [-0.25, -0.2) is 9.78 Å². The molecule has 1 saturated carbocycles. The maximum absolute atomic E-state index is 12.1. The minimum atomic E-state index is -0.414. The molecule has 1 aromatic carbocycles. The highest BCUT2D eigenvalue weighted by Crippen LogP contribution is 2.45. The van der Waals surface area contributed by atoms with Gasteiger partial charge in [0.25, 0.3) is 0 Å². The first kappa shape index (κ1) is 22.3. The van der Waals surface area contributed by atoms with Crippen LogP contribution in [0, 0.1) is 17.8 Å². The maximum Gasteiger partial charge on any atom is 0.414 e. The summed E-state index contributed by atoms with van der Waals surface area (Å²) < 4.78 is 10.8. The van der Waals surface area contributed by atoms with Crippen LogP contribution in [0.4, 0.5) is 27.9 Å². The molecule has 0 saturated heterocycles. The van der Waals surface area contributed by atoms with E-state index >= 15 is 0 Å². The summed E-state index contributed by atoms with van der Waals surface area (Å²) in [5.74, 6) is 0.912. The van der Waals surface area contributed by atoms with Gasteiger partial charge in [-0.05, 0) is 29.9 Å². The number of anilines is 4. The van der Waals surface area contributed by atoms with Gasteiger partial charge < -0.3 is 25.8 Å². The summed E-state index contributed by atoms with van der Waals surface area (Å²) in [6, 6.07) is 3.49. The number of hydrogen-bond donors (Lipinski definition) is 3. The number of nitrogens with one attached hydrogen (secondary N) is 2. The Labute approximate surface area is 201 Å². The van der Waals surface area contributed by atoms with E-state index in [0.717, 1.165) is 12.0 Å².